The fourth-order valence-corrected chi connectivity index (χ4v) is 2.33. The van der Waals surface area contributed by atoms with Crippen molar-refractivity contribution in [2.45, 2.75) is 13.5 Å². The highest BCUT2D eigenvalue weighted by molar-refractivity contribution is 5.91. The highest BCUT2D eigenvalue weighted by Gasteiger charge is 2.10. The summed E-state index contributed by atoms with van der Waals surface area (Å²) < 4.78 is 15.2. The molecule has 1 aromatic heterocycles. The molecule has 23 heavy (non-hydrogen) atoms. The average Bonchev–Trinajstić information content (AvgIpc) is 2.53. The minimum Gasteiger partial charge on any atom is -0.322 e. The number of para-hydroxylation sites is 1. The molecule has 0 saturated heterocycles. The van der Waals surface area contributed by atoms with Gasteiger partial charge in [0.25, 0.3) is 0 Å². The van der Waals surface area contributed by atoms with Gasteiger partial charge >= 0.3 is 0 Å². The van der Waals surface area contributed by atoms with Crippen LogP contribution in [0.5, 0.6) is 0 Å². The summed E-state index contributed by atoms with van der Waals surface area (Å²) in [5.41, 5.74) is 1.24. The number of anilines is 1. The Labute approximate surface area is 131 Å². The number of rotatable bonds is 3. The predicted molar refractivity (Wildman–Crippen MR) is 85.8 cm³/mol. The SMILES string of the molecule is Cc1ccc(NC(=O)Cn2ncc(=O)c3ccccc32)c(F)c1. The van der Waals surface area contributed by atoms with Crippen LogP contribution < -0.4 is 10.7 Å². The van der Waals surface area contributed by atoms with Crippen molar-refractivity contribution >= 4 is 22.5 Å². The number of nitrogens with one attached hydrogen (secondary N) is 1. The molecular formula is C17H14FN3O2. The van der Waals surface area contributed by atoms with Crippen molar-refractivity contribution < 1.29 is 9.18 Å². The van der Waals surface area contributed by atoms with Gasteiger partial charge < -0.3 is 5.32 Å². The Bertz CT molecular complexity index is 950. The Morgan fingerprint density at radius 3 is 2.83 bits per heavy atom. The summed E-state index contributed by atoms with van der Waals surface area (Å²) in [4.78, 5) is 23.9. The molecular weight excluding hydrogens is 297 g/mol. The summed E-state index contributed by atoms with van der Waals surface area (Å²) in [5, 5.41) is 6.97. The van der Waals surface area contributed by atoms with E-state index in [0.717, 1.165) is 5.56 Å². The van der Waals surface area contributed by atoms with E-state index in [0.29, 0.717) is 10.9 Å². The molecule has 3 rings (SSSR count). The standard InChI is InChI=1S/C17H14FN3O2/c1-11-6-7-14(13(18)8-11)20-17(23)10-21-15-5-3-2-4-12(15)16(22)9-19-21/h2-9H,10H2,1H3,(H,20,23). The molecule has 0 atom stereocenters. The third-order valence-electron chi connectivity index (χ3n) is 3.45. The Morgan fingerprint density at radius 2 is 2.04 bits per heavy atom. The van der Waals surface area contributed by atoms with E-state index in [2.05, 4.69) is 10.4 Å². The van der Waals surface area contributed by atoms with E-state index in [1.54, 1.807) is 37.3 Å². The van der Waals surface area contributed by atoms with Crippen molar-refractivity contribution in [1.82, 2.24) is 9.78 Å². The zero-order valence-corrected chi connectivity index (χ0v) is 12.4. The number of aromatic nitrogens is 2. The smallest absolute Gasteiger partial charge is 0.246 e. The van der Waals surface area contributed by atoms with Gasteiger partial charge in [-0.05, 0) is 36.8 Å². The Kier molecular flexibility index (Phi) is 3.89. The van der Waals surface area contributed by atoms with Crippen molar-refractivity contribution in [1.29, 1.82) is 0 Å². The maximum atomic E-state index is 13.8. The molecule has 0 bridgehead atoms. The van der Waals surface area contributed by atoms with Gasteiger partial charge in [0, 0.05) is 5.39 Å². The summed E-state index contributed by atoms with van der Waals surface area (Å²) >= 11 is 0. The number of fused-ring (bicyclic) bond motifs is 1. The summed E-state index contributed by atoms with van der Waals surface area (Å²) in [7, 11) is 0. The van der Waals surface area contributed by atoms with E-state index in [1.165, 1.54) is 23.0 Å². The van der Waals surface area contributed by atoms with Gasteiger partial charge in [-0.2, -0.15) is 5.10 Å². The van der Waals surface area contributed by atoms with Gasteiger partial charge in [-0.1, -0.05) is 18.2 Å². The van der Waals surface area contributed by atoms with Crippen LogP contribution in [0, 0.1) is 12.7 Å². The van der Waals surface area contributed by atoms with Crippen molar-refractivity contribution in [2.75, 3.05) is 5.32 Å². The fraction of sp³-hybridized carbons (Fsp3) is 0.118. The maximum absolute atomic E-state index is 13.8. The molecule has 6 heteroatoms. The molecule has 1 heterocycles. The monoisotopic (exact) mass is 311 g/mol. The van der Waals surface area contributed by atoms with Gasteiger partial charge in [-0.3, -0.25) is 14.3 Å². The number of benzene rings is 2. The Hall–Kier alpha value is -3.02. The Morgan fingerprint density at radius 1 is 1.26 bits per heavy atom. The normalized spacial score (nSPS) is 10.7. The van der Waals surface area contributed by atoms with Gasteiger partial charge in [0.2, 0.25) is 11.3 Å². The molecule has 0 saturated carbocycles. The van der Waals surface area contributed by atoms with Crippen LogP contribution in [0.15, 0.2) is 53.5 Å². The molecule has 0 unspecified atom stereocenters. The van der Waals surface area contributed by atoms with Crippen LogP contribution >= 0.6 is 0 Å². The lowest BCUT2D eigenvalue weighted by Crippen LogP contribution is -2.22. The van der Waals surface area contributed by atoms with Crippen molar-refractivity contribution in [3.8, 4) is 0 Å². The molecule has 2 aromatic carbocycles. The number of aryl methyl sites for hydroxylation is 1. The van der Waals surface area contributed by atoms with Gasteiger partial charge in [-0.25, -0.2) is 4.39 Å². The van der Waals surface area contributed by atoms with Crippen molar-refractivity contribution in [2.24, 2.45) is 0 Å². The zero-order valence-electron chi connectivity index (χ0n) is 12.4. The van der Waals surface area contributed by atoms with Gasteiger partial charge in [0.1, 0.15) is 12.4 Å². The second-order valence-corrected chi connectivity index (χ2v) is 5.22. The second kappa shape index (κ2) is 6.00. The van der Waals surface area contributed by atoms with E-state index in [4.69, 9.17) is 0 Å². The quantitative estimate of drug-likeness (QED) is 0.808. The van der Waals surface area contributed by atoms with Crippen LogP contribution in [0.1, 0.15) is 5.56 Å². The van der Waals surface area contributed by atoms with Crippen molar-refractivity contribution in [3.05, 3.63) is 70.3 Å². The van der Waals surface area contributed by atoms with E-state index >= 15 is 0 Å². The molecule has 3 aromatic rings. The summed E-state index contributed by atoms with van der Waals surface area (Å²) in [5.74, 6) is -0.912. The summed E-state index contributed by atoms with van der Waals surface area (Å²) in [6, 6.07) is 11.5. The van der Waals surface area contributed by atoms with Crippen LogP contribution in [0.3, 0.4) is 0 Å². The number of carbonyl (C=O) groups is 1. The van der Waals surface area contributed by atoms with E-state index < -0.39 is 11.7 Å². The number of carbonyl (C=O) groups excluding carboxylic acids is 1. The number of nitrogens with zero attached hydrogens (tertiary/aromatic N) is 2. The number of hydrogen-bond acceptors (Lipinski definition) is 3. The third-order valence-corrected chi connectivity index (χ3v) is 3.45. The van der Waals surface area contributed by atoms with Gasteiger partial charge in [-0.15, -0.1) is 0 Å². The van der Waals surface area contributed by atoms with Crippen LogP contribution in [-0.2, 0) is 11.3 Å². The van der Waals surface area contributed by atoms with Gasteiger partial charge in [0.15, 0.2) is 0 Å². The molecule has 5 nitrogen and oxygen atoms in total. The van der Waals surface area contributed by atoms with Crippen molar-refractivity contribution in [3.63, 3.8) is 0 Å². The van der Waals surface area contributed by atoms with Crippen LogP contribution in [-0.4, -0.2) is 15.7 Å². The largest absolute Gasteiger partial charge is 0.322 e. The summed E-state index contributed by atoms with van der Waals surface area (Å²) in [6.07, 6.45) is 1.17. The first-order valence-electron chi connectivity index (χ1n) is 7.05. The lowest BCUT2D eigenvalue weighted by Gasteiger charge is -2.10. The molecule has 0 fully saturated rings. The predicted octanol–water partition coefficient (Wildman–Crippen LogP) is 2.48. The van der Waals surface area contributed by atoms with E-state index in [-0.39, 0.29) is 17.7 Å². The van der Waals surface area contributed by atoms with Crippen LogP contribution in [0.25, 0.3) is 10.9 Å². The maximum Gasteiger partial charge on any atom is 0.246 e. The van der Waals surface area contributed by atoms with Crippen LogP contribution in [0.4, 0.5) is 10.1 Å². The molecule has 0 radical (unpaired) electrons. The number of halogens is 1. The topological polar surface area (TPSA) is 64.0 Å². The second-order valence-electron chi connectivity index (χ2n) is 5.22. The molecule has 1 amide bonds. The van der Waals surface area contributed by atoms with E-state index in [1.807, 2.05) is 0 Å². The minimum atomic E-state index is -0.490. The van der Waals surface area contributed by atoms with Gasteiger partial charge in [0.05, 0.1) is 17.4 Å². The lowest BCUT2D eigenvalue weighted by molar-refractivity contribution is -0.116. The first-order valence-corrected chi connectivity index (χ1v) is 7.05. The lowest BCUT2D eigenvalue weighted by atomic mass is 10.2. The summed E-state index contributed by atoms with van der Waals surface area (Å²) in [6.45, 7) is 1.65. The van der Waals surface area contributed by atoms with E-state index in [9.17, 15) is 14.0 Å². The highest BCUT2D eigenvalue weighted by atomic mass is 19.1. The van der Waals surface area contributed by atoms with Crippen LogP contribution in [0.2, 0.25) is 0 Å². The number of amides is 1. The third kappa shape index (κ3) is 3.11. The number of hydrogen-bond donors (Lipinski definition) is 1. The Balaban J connectivity index is 1.86. The molecule has 0 aliphatic heterocycles. The average molecular weight is 311 g/mol. The molecule has 0 spiro atoms. The highest BCUT2D eigenvalue weighted by Crippen LogP contribution is 2.15. The first-order chi connectivity index (χ1) is 11.0. The first kappa shape index (κ1) is 14.9. The minimum absolute atomic E-state index is 0.117. The zero-order chi connectivity index (χ0) is 16.4. The fourth-order valence-electron chi connectivity index (χ4n) is 2.33. The molecule has 116 valence electrons. The molecule has 0 aliphatic rings. The molecule has 0 aliphatic carbocycles. The molecule has 1 N–H and O–H groups in total.